The van der Waals surface area contributed by atoms with E-state index in [1.807, 2.05) is 42.5 Å². The van der Waals surface area contributed by atoms with Crippen molar-refractivity contribution in [3.05, 3.63) is 82.9 Å². The van der Waals surface area contributed by atoms with Gasteiger partial charge in [0.15, 0.2) is 0 Å². The van der Waals surface area contributed by atoms with Crippen molar-refractivity contribution in [3.8, 4) is 6.07 Å². The third-order valence-corrected chi connectivity index (χ3v) is 4.33. The summed E-state index contributed by atoms with van der Waals surface area (Å²) in [7, 11) is 0. The molecule has 0 fully saturated rings. The molecule has 1 unspecified atom stereocenters. The molecule has 0 aliphatic rings. The lowest BCUT2D eigenvalue weighted by molar-refractivity contribution is 0.248. The highest BCUT2D eigenvalue weighted by Gasteiger charge is 2.18. The average Bonchev–Trinajstić information content (AvgIpc) is 2.55. The largest absolute Gasteiger partial charge is 0.280 e. The topological polar surface area (TPSA) is 27.0 Å². The fourth-order valence-electron chi connectivity index (χ4n) is 2.41. The fourth-order valence-corrected chi connectivity index (χ4v) is 2.86. The van der Waals surface area contributed by atoms with Crippen molar-refractivity contribution in [3.63, 3.8) is 0 Å². The minimum absolute atomic E-state index is 0.183. The lowest BCUT2D eigenvalue weighted by Gasteiger charge is -2.26. The van der Waals surface area contributed by atoms with Gasteiger partial charge in [0.05, 0.1) is 6.07 Å². The first-order valence-corrected chi connectivity index (χ1v) is 8.05. The van der Waals surface area contributed by atoms with E-state index < -0.39 is 0 Å². The third kappa shape index (κ3) is 4.56. The monoisotopic (exact) mass is 354 g/mol. The lowest BCUT2D eigenvalue weighted by atomic mass is 10.0. The molecule has 1 atom stereocenters. The van der Waals surface area contributed by atoms with E-state index in [1.54, 1.807) is 0 Å². The molecule has 22 heavy (non-hydrogen) atoms. The Morgan fingerprint density at radius 2 is 1.82 bits per heavy atom. The van der Waals surface area contributed by atoms with E-state index in [2.05, 4.69) is 51.7 Å². The minimum atomic E-state index is -0.183. The van der Waals surface area contributed by atoms with Crippen LogP contribution in [0.15, 0.2) is 71.7 Å². The molecule has 2 nitrogen and oxygen atoms in total. The van der Waals surface area contributed by atoms with Crippen LogP contribution in [0, 0.1) is 11.3 Å². The Bertz CT molecular complexity index is 646. The van der Waals surface area contributed by atoms with Crippen molar-refractivity contribution in [2.75, 3.05) is 6.54 Å². The highest BCUT2D eigenvalue weighted by Crippen LogP contribution is 2.20. The Hall–Kier alpha value is -1.89. The van der Waals surface area contributed by atoms with Gasteiger partial charge in [0.25, 0.3) is 0 Å². The molecule has 2 aromatic rings. The summed E-state index contributed by atoms with van der Waals surface area (Å²) in [5.41, 5.74) is 2.35. The first-order valence-electron chi connectivity index (χ1n) is 7.26. The normalized spacial score (nSPS) is 11.9. The van der Waals surface area contributed by atoms with E-state index in [1.165, 1.54) is 5.56 Å². The van der Waals surface area contributed by atoms with Crippen LogP contribution >= 0.6 is 15.9 Å². The van der Waals surface area contributed by atoms with E-state index in [0.717, 1.165) is 16.6 Å². The number of nitriles is 1. The molecule has 0 amide bonds. The van der Waals surface area contributed by atoms with Gasteiger partial charge in [0.1, 0.15) is 6.04 Å². The molecule has 0 N–H and O–H groups in total. The maximum absolute atomic E-state index is 9.61. The summed E-state index contributed by atoms with van der Waals surface area (Å²) in [6.07, 6.45) is 2.55. The maximum atomic E-state index is 9.61. The van der Waals surface area contributed by atoms with Gasteiger partial charge in [-0.1, -0.05) is 70.5 Å². The smallest absolute Gasteiger partial charge is 0.102 e. The molecule has 0 aliphatic heterocycles. The van der Waals surface area contributed by atoms with Gasteiger partial charge < -0.3 is 0 Å². The number of rotatable bonds is 7. The van der Waals surface area contributed by atoms with Crippen molar-refractivity contribution < 1.29 is 0 Å². The van der Waals surface area contributed by atoms with Gasteiger partial charge in [-0.3, -0.25) is 4.90 Å². The number of halogens is 1. The van der Waals surface area contributed by atoms with Gasteiger partial charge in [-0.25, -0.2) is 0 Å². The second kappa shape index (κ2) is 8.53. The van der Waals surface area contributed by atoms with Crippen LogP contribution in [0.25, 0.3) is 0 Å². The van der Waals surface area contributed by atoms with Gasteiger partial charge in [0.2, 0.25) is 0 Å². The Morgan fingerprint density at radius 1 is 1.14 bits per heavy atom. The molecular weight excluding hydrogens is 336 g/mol. The molecule has 0 saturated carbocycles. The van der Waals surface area contributed by atoms with Crippen LogP contribution in [0.2, 0.25) is 0 Å². The average molecular weight is 355 g/mol. The number of hydrogen-bond donors (Lipinski definition) is 0. The third-order valence-electron chi connectivity index (χ3n) is 3.55. The summed E-state index contributed by atoms with van der Waals surface area (Å²) in [5, 5.41) is 9.61. The SMILES string of the molecule is C=CCN(Cc1ccccc1)C(C#N)Cc1ccccc1Br. The quantitative estimate of drug-likeness (QED) is 0.680. The molecule has 2 rings (SSSR count). The fraction of sp³-hybridized carbons (Fsp3) is 0.211. The zero-order valence-corrected chi connectivity index (χ0v) is 14.0. The number of nitrogens with zero attached hydrogens (tertiary/aromatic N) is 2. The molecular formula is C19H19BrN2. The van der Waals surface area contributed by atoms with Gasteiger partial charge in [-0.2, -0.15) is 5.26 Å². The van der Waals surface area contributed by atoms with Crippen LogP contribution < -0.4 is 0 Å². The van der Waals surface area contributed by atoms with Gasteiger partial charge in [-0.15, -0.1) is 6.58 Å². The van der Waals surface area contributed by atoms with Crippen LogP contribution in [0.5, 0.6) is 0 Å². The lowest BCUT2D eigenvalue weighted by Crippen LogP contribution is -2.35. The standard InChI is InChI=1S/C19H19BrN2/c1-2-12-22(15-16-8-4-3-5-9-16)18(14-21)13-17-10-6-7-11-19(17)20/h2-11,18H,1,12-13,15H2. The van der Waals surface area contributed by atoms with Crippen molar-refractivity contribution in [2.45, 2.75) is 19.0 Å². The molecule has 0 spiro atoms. The van der Waals surface area contributed by atoms with Crippen LogP contribution in [0.1, 0.15) is 11.1 Å². The summed E-state index contributed by atoms with van der Waals surface area (Å²) in [4.78, 5) is 2.15. The molecule has 0 aromatic heterocycles. The Labute approximate surface area is 140 Å². The summed E-state index contributed by atoms with van der Waals surface area (Å²) in [5.74, 6) is 0. The van der Waals surface area contributed by atoms with Crippen LogP contribution in [0.3, 0.4) is 0 Å². The van der Waals surface area contributed by atoms with E-state index in [0.29, 0.717) is 13.0 Å². The van der Waals surface area contributed by atoms with Crippen molar-refractivity contribution in [2.24, 2.45) is 0 Å². The number of benzene rings is 2. The molecule has 0 saturated heterocycles. The predicted octanol–water partition coefficient (Wildman–Crippen LogP) is 4.57. The highest BCUT2D eigenvalue weighted by atomic mass is 79.9. The maximum Gasteiger partial charge on any atom is 0.102 e. The summed E-state index contributed by atoms with van der Waals surface area (Å²) >= 11 is 3.56. The summed E-state index contributed by atoms with van der Waals surface area (Å²) in [6, 6.07) is 20.5. The van der Waals surface area contributed by atoms with Crippen molar-refractivity contribution in [1.82, 2.24) is 4.90 Å². The Kier molecular flexibility index (Phi) is 6.39. The van der Waals surface area contributed by atoms with Gasteiger partial charge >= 0.3 is 0 Å². The molecule has 0 bridgehead atoms. The van der Waals surface area contributed by atoms with Crippen molar-refractivity contribution >= 4 is 15.9 Å². The van der Waals surface area contributed by atoms with Gasteiger partial charge in [0, 0.05) is 24.0 Å². The number of hydrogen-bond acceptors (Lipinski definition) is 2. The first kappa shape index (κ1) is 16.5. The minimum Gasteiger partial charge on any atom is -0.280 e. The second-order valence-electron chi connectivity index (χ2n) is 5.14. The van der Waals surface area contributed by atoms with Crippen LogP contribution in [0.4, 0.5) is 0 Å². The predicted molar refractivity (Wildman–Crippen MR) is 94.3 cm³/mol. The zero-order valence-electron chi connectivity index (χ0n) is 12.5. The molecule has 0 heterocycles. The molecule has 0 radical (unpaired) electrons. The van der Waals surface area contributed by atoms with Crippen LogP contribution in [-0.2, 0) is 13.0 Å². The van der Waals surface area contributed by atoms with E-state index in [-0.39, 0.29) is 6.04 Å². The first-order chi connectivity index (χ1) is 10.7. The summed E-state index contributed by atoms with van der Waals surface area (Å²) < 4.78 is 1.05. The second-order valence-corrected chi connectivity index (χ2v) is 6.00. The summed E-state index contributed by atoms with van der Waals surface area (Å²) in [6.45, 7) is 5.26. The van der Waals surface area contributed by atoms with E-state index in [4.69, 9.17) is 0 Å². The zero-order chi connectivity index (χ0) is 15.8. The van der Waals surface area contributed by atoms with Crippen LogP contribution in [-0.4, -0.2) is 17.5 Å². The van der Waals surface area contributed by atoms with Gasteiger partial charge in [-0.05, 0) is 17.2 Å². The molecule has 2 aromatic carbocycles. The van der Waals surface area contributed by atoms with E-state index >= 15 is 0 Å². The van der Waals surface area contributed by atoms with E-state index in [9.17, 15) is 5.26 Å². The Balaban J connectivity index is 2.16. The van der Waals surface area contributed by atoms with Crippen molar-refractivity contribution in [1.29, 1.82) is 5.26 Å². The molecule has 112 valence electrons. The molecule has 3 heteroatoms. The Morgan fingerprint density at radius 3 is 2.45 bits per heavy atom. The molecule has 0 aliphatic carbocycles. The highest BCUT2D eigenvalue weighted by molar-refractivity contribution is 9.10.